The first-order chi connectivity index (χ1) is 22.6. The van der Waals surface area contributed by atoms with E-state index in [0.717, 1.165) is 15.6 Å². The highest BCUT2D eigenvalue weighted by Crippen LogP contribution is 2.46. The number of halogens is 1. The summed E-state index contributed by atoms with van der Waals surface area (Å²) in [5, 5.41) is 24.4. The summed E-state index contributed by atoms with van der Waals surface area (Å²) in [6.45, 7) is 2.37. The van der Waals surface area contributed by atoms with Gasteiger partial charge < -0.3 is 31.1 Å². The summed E-state index contributed by atoms with van der Waals surface area (Å²) in [6.07, 6.45) is 3.42. The molecule has 9 nitrogen and oxygen atoms in total. The zero-order chi connectivity index (χ0) is 33.6. The third kappa shape index (κ3) is 7.62. The Morgan fingerprint density at radius 1 is 1.00 bits per heavy atom. The number of nitrogens with one attached hydrogen (secondary N) is 1. The molecule has 242 valence electrons. The number of nitrogen functional groups attached to an aromatic ring is 1. The van der Waals surface area contributed by atoms with Crippen LogP contribution in [0.5, 0.6) is 0 Å². The van der Waals surface area contributed by atoms with Crippen molar-refractivity contribution >= 4 is 50.7 Å². The first-order valence-electron chi connectivity index (χ1n) is 15.3. The van der Waals surface area contributed by atoms with Crippen LogP contribution in [0.25, 0.3) is 0 Å². The van der Waals surface area contributed by atoms with E-state index in [1.165, 1.54) is 0 Å². The molecular weight excluding hydrogens is 660 g/mol. The molecule has 10 heteroatoms. The highest BCUT2D eigenvalue weighted by Gasteiger charge is 2.52. The first-order valence-corrected chi connectivity index (χ1v) is 16.1. The molecule has 4 aromatic carbocycles. The molecule has 1 heterocycles. The van der Waals surface area contributed by atoms with Crippen molar-refractivity contribution in [1.82, 2.24) is 4.90 Å². The molecule has 0 saturated carbocycles. The smallest absolute Gasteiger partial charge is 0.264 e. The monoisotopic (exact) mass is 696 g/mol. The highest BCUT2D eigenvalue weighted by atomic mass is 79.9. The maximum absolute atomic E-state index is 14.0. The molecule has 0 unspecified atom stereocenters. The largest absolute Gasteiger partial charge is 0.399 e. The van der Waals surface area contributed by atoms with E-state index in [4.69, 9.17) is 5.73 Å². The molecular formula is C37H37BrN4O5. The second kappa shape index (κ2) is 14.8. The van der Waals surface area contributed by atoms with E-state index in [-0.39, 0.29) is 37.9 Å². The molecule has 1 aliphatic rings. The zero-order valence-electron chi connectivity index (χ0n) is 26.0. The molecule has 3 amide bonds. The zero-order valence-corrected chi connectivity index (χ0v) is 27.6. The number of rotatable bonds is 12. The quantitative estimate of drug-likeness (QED) is 0.112. The second-order valence-corrected chi connectivity index (χ2v) is 12.5. The molecule has 0 aromatic heterocycles. The Morgan fingerprint density at radius 3 is 2.38 bits per heavy atom. The summed E-state index contributed by atoms with van der Waals surface area (Å²) in [5.41, 5.74) is 8.33. The van der Waals surface area contributed by atoms with Crippen LogP contribution < -0.4 is 16.0 Å². The van der Waals surface area contributed by atoms with Gasteiger partial charge in [-0.25, -0.2) is 0 Å². The summed E-state index contributed by atoms with van der Waals surface area (Å²) in [4.78, 5) is 42.8. The fraction of sp³-hybridized carbons (Fsp3) is 0.216. The Morgan fingerprint density at radius 2 is 1.70 bits per heavy atom. The topological polar surface area (TPSA) is 136 Å². The number of nitrogens with zero attached hydrogens (tertiary/aromatic N) is 2. The van der Waals surface area contributed by atoms with Crippen molar-refractivity contribution in [2.24, 2.45) is 5.92 Å². The van der Waals surface area contributed by atoms with Gasteiger partial charge in [-0.3, -0.25) is 14.4 Å². The van der Waals surface area contributed by atoms with E-state index in [1.807, 2.05) is 48.5 Å². The van der Waals surface area contributed by atoms with Gasteiger partial charge in [-0.2, -0.15) is 0 Å². The lowest BCUT2D eigenvalue weighted by molar-refractivity contribution is -0.139. The predicted octanol–water partition coefficient (Wildman–Crippen LogP) is 5.62. The standard InChI is InChI=1S/C37H37BrN4O5/c1-25(6-5-9-34(44)41(20-21-43)23-26-7-3-2-4-8-26)37(47)32-22-29(38)14-19-33(32)42(36(37)46)24-27-10-17-31(18-11-27)40-35(45)28-12-15-30(39)16-13-28/h2-8,10-19,22,25,43,47H,9,20-21,23-24,39H2,1H3,(H,40,45)/b6-5+/t25-,37+/m1/s1. The van der Waals surface area contributed by atoms with Crippen LogP contribution in [-0.4, -0.2) is 46.0 Å². The lowest BCUT2D eigenvalue weighted by atomic mass is 9.83. The van der Waals surface area contributed by atoms with Gasteiger partial charge in [0.05, 0.1) is 18.8 Å². The molecule has 0 saturated heterocycles. The van der Waals surface area contributed by atoms with Crippen LogP contribution in [0.3, 0.4) is 0 Å². The van der Waals surface area contributed by atoms with Crippen molar-refractivity contribution in [3.63, 3.8) is 0 Å². The van der Waals surface area contributed by atoms with Gasteiger partial charge in [-0.15, -0.1) is 0 Å². The van der Waals surface area contributed by atoms with Gasteiger partial charge in [0, 0.05) is 52.4 Å². The van der Waals surface area contributed by atoms with Crippen molar-refractivity contribution in [2.45, 2.75) is 32.0 Å². The number of aliphatic hydroxyl groups excluding tert-OH is 1. The second-order valence-electron chi connectivity index (χ2n) is 11.5. The number of hydrogen-bond acceptors (Lipinski definition) is 6. The number of carbonyl (C=O) groups excluding carboxylic acids is 3. The van der Waals surface area contributed by atoms with Gasteiger partial charge in [-0.1, -0.05) is 77.5 Å². The third-order valence-corrected chi connectivity index (χ3v) is 8.76. The minimum absolute atomic E-state index is 0.0533. The average Bonchev–Trinajstić information content (AvgIpc) is 3.28. The Labute approximate surface area is 282 Å². The van der Waals surface area contributed by atoms with E-state index in [2.05, 4.69) is 21.2 Å². The van der Waals surface area contributed by atoms with Gasteiger partial charge in [0.2, 0.25) is 5.91 Å². The summed E-state index contributed by atoms with van der Waals surface area (Å²) in [7, 11) is 0. The Hall–Kier alpha value is -4.77. The third-order valence-electron chi connectivity index (χ3n) is 8.27. The molecule has 4 aromatic rings. The van der Waals surface area contributed by atoms with E-state index in [1.54, 1.807) is 77.4 Å². The number of nitrogens with two attached hydrogens (primary N) is 1. The minimum atomic E-state index is -1.86. The van der Waals surface area contributed by atoms with Crippen LogP contribution in [0.4, 0.5) is 17.1 Å². The summed E-state index contributed by atoms with van der Waals surface area (Å²) < 4.78 is 0.720. The molecule has 0 spiro atoms. The molecule has 2 atom stereocenters. The molecule has 5 N–H and O–H groups in total. The fourth-order valence-electron chi connectivity index (χ4n) is 5.65. The van der Waals surface area contributed by atoms with Crippen molar-refractivity contribution in [1.29, 1.82) is 0 Å². The lowest BCUT2D eigenvalue weighted by Crippen LogP contribution is -2.44. The van der Waals surface area contributed by atoms with Gasteiger partial charge in [0.15, 0.2) is 5.60 Å². The lowest BCUT2D eigenvalue weighted by Gasteiger charge is -2.28. The number of aliphatic hydroxyl groups is 2. The van der Waals surface area contributed by atoms with Crippen molar-refractivity contribution in [2.75, 3.05) is 29.1 Å². The minimum Gasteiger partial charge on any atom is -0.399 e. The number of anilines is 3. The van der Waals surface area contributed by atoms with E-state index in [9.17, 15) is 24.6 Å². The van der Waals surface area contributed by atoms with Gasteiger partial charge in [-0.05, 0) is 65.7 Å². The Balaban J connectivity index is 1.28. The van der Waals surface area contributed by atoms with Crippen LogP contribution in [-0.2, 0) is 28.3 Å². The normalized spacial score (nSPS) is 16.3. The summed E-state index contributed by atoms with van der Waals surface area (Å²) >= 11 is 3.48. The highest BCUT2D eigenvalue weighted by molar-refractivity contribution is 9.10. The Bertz CT molecular complexity index is 1760. The maximum Gasteiger partial charge on any atom is 0.264 e. The SMILES string of the molecule is C[C@H](/C=C/CC(=O)N(CCO)Cc1ccccc1)[C@@]1(O)C(=O)N(Cc2ccc(NC(=O)c3ccc(N)cc3)cc2)c2ccc(Br)cc21. The van der Waals surface area contributed by atoms with Gasteiger partial charge in [0.1, 0.15) is 0 Å². The Kier molecular flexibility index (Phi) is 10.6. The predicted molar refractivity (Wildman–Crippen MR) is 186 cm³/mol. The van der Waals surface area contributed by atoms with Crippen molar-refractivity contribution in [3.05, 3.63) is 136 Å². The first kappa shape index (κ1) is 33.6. The number of carbonyl (C=O) groups is 3. The maximum atomic E-state index is 14.0. The summed E-state index contributed by atoms with van der Waals surface area (Å²) in [6, 6.07) is 28.7. The molecule has 47 heavy (non-hydrogen) atoms. The number of benzene rings is 4. The fourth-order valence-corrected chi connectivity index (χ4v) is 6.01. The van der Waals surface area contributed by atoms with Gasteiger partial charge >= 0.3 is 0 Å². The van der Waals surface area contributed by atoms with Crippen LogP contribution in [0.2, 0.25) is 0 Å². The van der Waals surface area contributed by atoms with Crippen LogP contribution in [0.15, 0.2) is 114 Å². The number of hydrogen-bond donors (Lipinski definition) is 4. The number of fused-ring (bicyclic) bond motifs is 1. The van der Waals surface area contributed by atoms with Crippen molar-refractivity contribution < 1.29 is 24.6 Å². The van der Waals surface area contributed by atoms with Crippen LogP contribution in [0.1, 0.15) is 40.4 Å². The molecule has 5 rings (SSSR count). The van der Waals surface area contributed by atoms with Crippen molar-refractivity contribution in [3.8, 4) is 0 Å². The van der Waals surface area contributed by atoms with Gasteiger partial charge in [0.25, 0.3) is 11.8 Å². The van der Waals surface area contributed by atoms with Crippen LogP contribution >= 0.6 is 15.9 Å². The number of amides is 3. The molecule has 0 radical (unpaired) electrons. The van der Waals surface area contributed by atoms with E-state index < -0.39 is 17.4 Å². The van der Waals surface area contributed by atoms with Crippen LogP contribution in [0, 0.1) is 5.92 Å². The van der Waals surface area contributed by atoms with E-state index >= 15 is 0 Å². The molecule has 0 aliphatic carbocycles. The molecule has 0 bridgehead atoms. The summed E-state index contributed by atoms with van der Waals surface area (Å²) in [5.74, 6) is -1.57. The molecule has 1 aliphatic heterocycles. The molecule has 0 fully saturated rings. The average molecular weight is 698 g/mol. The van der Waals surface area contributed by atoms with E-state index in [0.29, 0.717) is 34.7 Å².